The van der Waals surface area contributed by atoms with Crippen molar-refractivity contribution in [3.8, 4) is 0 Å². The summed E-state index contributed by atoms with van der Waals surface area (Å²) in [5.41, 5.74) is 2.01. The smallest absolute Gasteiger partial charge is 0.319 e. The van der Waals surface area contributed by atoms with Gasteiger partial charge in [-0.2, -0.15) is 0 Å². The SMILES string of the molecule is COC1COC2C(NC(=O)Nc3ccc(C(C)C)cc3)COC12. The third-order valence-corrected chi connectivity index (χ3v) is 4.46. The molecular formula is C17H24N2O4. The van der Waals surface area contributed by atoms with E-state index in [4.69, 9.17) is 14.2 Å². The molecule has 0 aromatic heterocycles. The molecule has 2 aliphatic rings. The topological polar surface area (TPSA) is 68.8 Å². The average molecular weight is 320 g/mol. The fourth-order valence-corrected chi connectivity index (χ4v) is 3.08. The van der Waals surface area contributed by atoms with Crippen molar-refractivity contribution in [3.05, 3.63) is 29.8 Å². The highest BCUT2D eigenvalue weighted by Gasteiger charge is 2.48. The van der Waals surface area contributed by atoms with Gasteiger partial charge < -0.3 is 24.8 Å². The zero-order valence-electron chi connectivity index (χ0n) is 13.7. The Balaban J connectivity index is 1.54. The maximum absolute atomic E-state index is 12.2. The first-order chi connectivity index (χ1) is 11.1. The van der Waals surface area contributed by atoms with Crippen LogP contribution in [0.2, 0.25) is 0 Å². The van der Waals surface area contributed by atoms with E-state index in [0.29, 0.717) is 19.1 Å². The number of fused-ring (bicyclic) bond motifs is 1. The molecule has 2 aliphatic heterocycles. The minimum Gasteiger partial charge on any atom is -0.376 e. The predicted molar refractivity (Wildman–Crippen MR) is 86.8 cm³/mol. The molecule has 23 heavy (non-hydrogen) atoms. The summed E-state index contributed by atoms with van der Waals surface area (Å²) in [6.45, 7) is 5.22. The third kappa shape index (κ3) is 3.49. The number of nitrogens with one attached hydrogen (secondary N) is 2. The van der Waals surface area contributed by atoms with Gasteiger partial charge in [0.1, 0.15) is 18.3 Å². The van der Waals surface area contributed by atoms with Crippen LogP contribution in [0.15, 0.2) is 24.3 Å². The molecule has 0 saturated carbocycles. The van der Waals surface area contributed by atoms with Crippen LogP contribution in [0.3, 0.4) is 0 Å². The molecule has 126 valence electrons. The Morgan fingerprint density at radius 2 is 1.87 bits per heavy atom. The number of methoxy groups -OCH3 is 1. The number of anilines is 1. The highest BCUT2D eigenvalue weighted by atomic mass is 16.6. The number of benzene rings is 1. The van der Waals surface area contributed by atoms with Crippen molar-refractivity contribution in [1.29, 1.82) is 0 Å². The van der Waals surface area contributed by atoms with Crippen molar-refractivity contribution in [1.82, 2.24) is 5.32 Å². The highest BCUT2D eigenvalue weighted by Crippen LogP contribution is 2.28. The van der Waals surface area contributed by atoms with Crippen molar-refractivity contribution >= 4 is 11.7 Å². The van der Waals surface area contributed by atoms with Crippen molar-refractivity contribution in [2.24, 2.45) is 0 Å². The van der Waals surface area contributed by atoms with E-state index in [-0.39, 0.29) is 30.4 Å². The molecule has 1 aromatic carbocycles. The summed E-state index contributed by atoms with van der Waals surface area (Å²) in [4.78, 5) is 12.2. The highest BCUT2D eigenvalue weighted by molar-refractivity contribution is 5.89. The zero-order chi connectivity index (χ0) is 16.4. The number of ether oxygens (including phenoxy) is 3. The summed E-state index contributed by atoms with van der Waals surface area (Å²) < 4.78 is 16.7. The molecule has 3 rings (SSSR count). The van der Waals surface area contributed by atoms with Crippen molar-refractivity contribution < 1.29 is 19.0 Å². The second kappa shape index (κ2) is 6.86. The van der Waals surface area contributed by atoms with Gasteiger partial charge in [-0.15, -0.1) is 0 Å². The Morgan fingerprint density at radius 3 is 2.52 bits per heavy atom. The molecule has 0 bridgehead atoms. The lowest BCUT2D eigenvalue weighted by Gasteiger charge is -2.18. The first-order valence-corrected chi connectivity index (χ1v) is 8.02. The average Bonchev–Trinajstić information content (AvgIpc) is 3.10. The number of amides is 2. The van der Waals surface area contributed by atoms with Gasteiger partial charge in [-0.25, -0.2) is 4.79 Å². The largest absolute Gasteiger partial charge is 0.376 e. The summed E-state index contributed by atoms with van der Waals surface area (Å²) in [6.07, 6.45) is -0.303. The van der Waals surface area contributed by atoms with Gasteiger partial charge in [0.2, 0.25) is 0 Å². The molecule has 1 aromatic rings. The van der Waals surface area contributed by atoms with Crippen LogP contribution in [0.5, 0.6) is 0 Å². The monoisotopic (exact) mass is 320 g/mol. The Labute approximate surface area is 136 Å². The van der Waals surface area contributed by atoms with Crippen molar-refractivity contribution in [2.75, 3.05) is 25.6 Å². The van der Waals surface area contributed by atoms with Crippen LogP contribution in [0.1, 0.15) is 25.3 Å². The Bertz CT molecular complexity index is 546. The van der Waals surface area contributed by atoms with E-state index in [0.717, 1.165) is 5.69 Å². The standard InChI is InChI=1S/C17H24N2O4/c1-10(2)11-4-6-12(7-5-11)18-17(20)19-13-8-22-16-14(21-3)9-23-15(13)16/h4-7,10,13-16H,8-9H2,1-3H3,(H2,18,19,20). The Morgan fingerprint density at radius 1 is 1.17 bits per heavy atom. The van der Waals surface area contributed by atoms with E-state index in [1.54, 1.807) is 7.11 Å². The van der Waals surface area contributed by atoms with Gasteiger partial charge in [-0.05, 0) is 23.6 Å². The molecular weight excluding hydrogens is 296 g/mol. The molecule has 2 N–H and O–H groups in total. The maximum atomic E-state index is 12.2. The number of hydrogen-bond acceptors (Lipinski definition) is 4. The first kappa shape index (κ1) is 16.2. The van der Waals surface area contributed by atoms with Crippen molar-refractivity contribution in [2.45, 2.75) is 44.1 Å². The Kier molecular flexibility index (Phi) is 4.84. The summed E-state index contributed by atoms with van der Waals surface area (Å²) in [7, 11) is 1.65. The number of hydrogen-bond donors (Lipinski definition) is 2. The minimum absolute atomic E-state index is 0.0570. The van der Waals surface area contributed by atoms with E-state index >= 15 is 0 Å². The molecule has 6 heteroatoms. The number of rotatable bonds is 4. The van der Waals surface area contributed by atoms with Crippen LogP contribution < -0.4 is 10.6 Å². The molecule has 2 heterocycles. The number of carbonyl (C=O) groups is 1. The zero-order valence-corrected chi connectivity index (χ0v) is 13.7. The number of carbonyl (C=O) groups excluding carboxylic acids is 1. The lowest BCUT2D eigenvalue weighted by molar-refractivity contribution is -0.00805. The fourth-order valence-electron chi connectivity index (χ4n) is 3.08. The second-order valence-corrected chi connectivity index (χ2v) is 6.35. The maximum Gasteiger partial charge on any atom is 0.319 e. The summed E-state index contributed by atoms with van der Waals surface area (Å²) in [5, 5.41) is 5.77. The Hall–Kier alpha value is -1.63. The van der Waals surface area contributed by atoms with E-state index in [1.165, 1.54) is 5.56 Å². The molecule has 4 atom stereocenters. The number of urea groups is 1. The molecule has 2 saturated heterocycles. The molecule has 6 nitrogen and oxygen atoms in total. The molecule has 2 amide bonds. The minimum atomic E-state index is -0.249. The van der Waals surface area contributed by atoms with Gasteiger partial charge in [-0.1, -0.05) is 26.0 Å². The van der Waals surface area contributed by atoms with Crippen LogP contribution >= 0.6 is 0 Å². The molecule has 0 spiro atoms. The van der Waals surface area contributed by atoms with Gasteiger partial charge in [0.05, 0.1) is 19.3 Å². The first-order valence-electron chi connectivity index (χ1n) is 8.02. The van der Waals surface area contributed by atoms with E-state index < -0.39 is 0 Å². The van der Waals surface area contributed by atoms with Crippen molar-refractivity contribution in [3.63, 3.8) is 0 Å². The van der Waals surface area contributed by atoms with Gasteiger partial charge in [0.15, 0.2) is 0 Å². The predicted octanol–water partition coefficient (Wildman–Crippen LogP) is 2.11. The molecule has 4 unspecified atom stereocenters. The van der Waals surface area contributed by atoms with Crippen LogP contribution in [0, 0.1) is 0 Å². The van der Waals surface area contributed by atoms with Gasteiger partial charge >= 0.3 is 6.03 Å². The summed E-state index contributed by atoms with van der Waals surface area (Å²) in [5.74, 6) is 0.471. The third-order valence-electron chi connectivity index (χ3n) is 4.46. The summed E-state index contributed by atoms with van der Waals surface area (Å²) in [6, 6.07) is 7.47. The quantitative estimate of drug-likeness (QED) is 0.891. The molecule has 2 fully saturated rings. The molecule has 0 aliphatic carbocycles. The summed E-state index contributed by atoms with van der Waals surface area (Å²) >= 11 is 0. The molecule has 0 radical (unpaired) electrons. The van der Waals surface area contributed by atoms with Gasteiger partial charge in [0.25, 0.3) is 0 Å². The van der Waals surface area contributed by atoms with Gasteiger partial charge in [0, 0.05) is 12.8 Å². The normalized spacial score (nSPS) is 29.6. The second-order valence-electron chi connectivity index (χ2n) is 6.35. The van der Waals surface area contributed by atoms with Crippen LogP contribution in [-0.4, -0.2) is 50.7 Å². The van der Waals surface area contributed by atoms with E-state index in [9.17, 15) is 4.79 Å². The lowest BCUT2D eigenvalue weighted by Crippen LogP contribution is -2.46. The van der Waals surface area contributed by atoms with Crippen LogP contribution in [0.25, 0.3) is 0 Å². The van der Waals surface area contributed by atoms with E-state index in [2.05, 4.69) is 24.5 Å². The lowest BCUT2D eigenvalue weighted by atomic mass is 10.0. The fraction of sp³-hybridized carbons (Fsp3) is 0.588. The van der Waals surface area contributed by atoms with Crippen LogP contribution in [-0.2, 0) is 14.2 Å². The van der Waals surface area contributed by atoms with Gasteiger partial charge in [-0.3, -0.25) is 0 Å². The van der Waals surface area contributed by atoms with Crippen LogP contribution in [0.4, 0.5) is 10.5 Å². The van der Waals surface area contributed by atoms with E-state index in [1.807, 2.05) is 24.3 Å².